The van der Waals surface area contributed by atoms with E-state index < -0.39 is 29.2 Å². The number of nitrogens with zero attached hydrogens (tertiary/aromatic N) is 1. The number of ether oxygens (including phenoxy) is 1. The van der Waals surface area contributed by atoms with E-state index in [1.165, 1.54) is 0 Å². The van der Waals surface area contributed by atoms with Crippen LogP contribution >= 0.6 is 0 Å². The van der Waals surface area contributed by atoms with Gasteiger partial charge in [-0.15, -0.1) is 0 Å². The van der Waals surface area contributed by atoms with Gasteiger partial charge in [0.15, 0.2) is 5.75 Å². The summed E-state index contributed by atoms with van der Waals surface area (Å²) in [6.07, 6.45) is -4.31. The highest BCUT2D eigenvalue weighted by molar-refractivity contribution is 6.02. The predicted molar refractivity (Wildman–Crippen MR) is 41.1 cm³/mol. The molecule has 0 aliphatic heterocycles. The van der Waals surface area contributed by atoms with Crippen LogP contribution in [0.15, 0.2) is 12.3 Å². The molecular weight excluding hydrogens is 218 g/mol. The lowest BCUT2D eigenvalue weighted by molar-refractivity contribution is -0.0886. The smallest absolute Gasteiger partial charge is 0.455 e. The van der Waals surface area contributed by atoms with Gasteiger partial charge >= 0.3 is 6.18 Å². The number of halogens is 4. The average Bonchev–Trinajstić information content (AvgIpc) is 2.14. The fourth-order valence-electron chi connectivity index (χ4n) is 0.948. The number of alkyl halides is 3. The summed E-state index contributed by atoms with van der Waals surface area (Å²) < 4.78 is 53.3. The van der Waals surface area contributed by atoms with Crippen molar-refractivity contribution < 1.29 is 27.1 Å². The third-order valence-corrected chi connectivity index (χ3v) is 1.57. The topological polar surface area (TPSA) is 39.2 Å². The summed E-state index contributed by atoms with van der Waals surface area (Å²) in [5.41, 5.74) is -0.891. The van der Waals surface area contributed by atoms with Gasteiger partial charge in [0.2, 0.25) is 0 Å². The Balaban J connectivity index is 3.26. The Kier molecular flexibility index (Phi) is 2.92. The van der Waals surface area contributed by atoms with Crippen molar-refractivity contribution >= 4 is 5.78 Å². The minimum atomic E-state index is -5.07. The summed E-state index contributed by atoms with van der Waals surface area (Å²) in [4.78, 5) is 13.9. The number of hydrogen-bond acceptors (Lipinski definition) is 3. The molecule has 0 aliphatic rings. The highest BCUT2D eigenvalue weighted by atomic mass is 19.4. The highest BCUT2D eigenvalue weighted by Crippen LogP contribution is 2.28. The lowest BCUT2D eigenvalue weighted by atomic mass is 10.1. The van der Waals surface area contributed by atoms with E-state index in [-0.39, 0.29) is 0 Å². The Morgan fingerprint density at radius 1 is 1.47 bits per heavy atom. The quantitative estimate of drug-likeness (QED) is 0.437. The van der Waals surface area contributed by atoms with Gasteiger partial charge in [-0.2, -0.15) is 17.6 Å². The molecule has 1 aromatic heterocycles. The number of ketones is 1. The Hall–Kier alpha value is -1.66. The summed E-state index contributed by atoms with van der Waals surface area (Å²) in [5.74, 6) is -4.23. The van der Waals surface area contributed by atoms with Crippen molar-refractivity contribution in [3.63, 3.8) is 0 Å². The van der Waals surface area contributed by atoms with Crippen molar-refractivity contribution in [1.29, 1.82) is 0 Å². The van der Waals surface area contributed by atoms with Gasteiger partial charge in [0.1, 0.15) is 0 Å². The third kappa shape index (κ3) is 2.23. The second-order valence-electron chi connectivity index (χ2n) is 2.51. The zero-order valence-corrected chi connectivity index (χ0v) is 7.43. The fraction of sp³-hybridized carbons (Fsp3) is 0.250. The second kappa shape index (κ2) is 3.84. The number of rotatable bonds is 2. The van der Waals surface area contributed by atoms with E-state index >= 15 is 0 Å². The molecule has 82 valence electrons. The Labute approximate surface area is 81.7 Å². The number of carbonyl (C=O) groups excluding carboxylic acids is 1. The minimum Gasteiger partial charge on any atom is -0.491 e. The molecule has 0 aromatic carbocycles. The molecule has 7 heteroatoms. The van der Waals surface area contributed by atoms with E-state index in [1.54, 1.807) is 0 Å². The molecule has 0 unspecified atom stereocenters. The zero-order valence-electron chi connectivity index (χ0n) is 7.43. The highest BCUT2D eigenvalue weighted by Gasteiger charge is 2.41. The van der Waals surface area contributed by atoms with Gasteiger partial charge in [-0.25, -0.2) is 4.98 Å². The van der Waals surface area contributed by atoms with E-state index in [0.29, 0.717) is 0 Å². The van der Waals surface area contributed by atoms with E-state index in [9.17, 15) is 22.4 Å². The van der Waals surface area contributed by atoms with Gasteiger partial charge in [0.25, 0.3) is 11.7 Å². The van der Waals surface area contributed by atoms with Crippen LogP contribution in [0.4, 0.5) is 17.6 Å². The normalized spacial score (nSPS) is 11.3. The van der Waals surface area contributed by atoms with Crippen molar-refractivity contribution in [2.75, 3.05) is 7.11 Å². The van der Waals surface area contributed by atoms with Crippen LogP contribution in [-0.2, 0) is 0 Å². The standard InChI is InChI=1S/C8H5F4NO2/c1-15-5-4(2-3-13-7(5)9)6(14)8(10,11)12/h2-3H,1H3. The largest absolute Gasteiger partial charge is 0.491 e. The molecule has 0 fully saturated rings. The summed E-state index contributed by atoms with van der Waals surface area (Å²) in [7, 11) is 0.952. The predicted octanol–water partition coefficient (Wildman–Crippen LogP) is 1.97. The molecule has 0 spiro atoms. The maximum Gasteiger partial charge on any atom is 0.455 e. The molecule has 0 atom stereocenters. The van der Waals surface area contributed by atoms with Crippen LogP contribution in [0.2, 0.25) is 0 Å². The fourth-order valence-corrected chi connectivity index (χ4v) is 0.948. The van der Waals surface area contributed by atoms with Crippen molar-refractivity contribution in [3.05, 3.63) is 23.8 Å². The van der Waals surface area contributed by atoms with Crippen LogP contribution < -0.4 is 4.74 Å². The molecule has 1 heterocycles. The summed E-state index contributed by atoms with van der Waals surface area (Å²) in [6.45, 7) is 0. The minimum absolute atomic E-state index is 0.748. The van der Waals surface area contributed by atoms with E-state index in [0.717, 1.165) is 19.4 Å². The monoisotopic (exact) mass is 223 g/mol. The molecule has 0 aliphatic carbocycles. The van der Waals surface area contributed by atoms with Crippen molar-refractivity contribution in [2.45, 2.75) is 6.18 Å². The van der Waals surface area contributed by atoms with Crippen LogP contribution in [0.1, 0.15) is 10.4 Å². The van der Waals surface area contributed by atoms with Crippen LogP contribution in [-0.4, -0.2) is 24.1 Å². The average molecular weight is 223 g/mol. The van der Waals surface area contributed by atoms with E-state index in [2.05, 4.69) is 9.72 Å². The maximum atomic E-state index is 12.8. The number of carbonyl (C=O) groups is 1. The summed E-state index contributed by atoms with van der Waals surface area (Å²) in [5, 5.41) is 0. The van der Waals surface area contributed by atoms with E-state index in [1.807, 2.05) is 0 Å². The van der Waals surface area contributed by atoms with Gasteiger partial charge in [-0.3, -0.25) is 4.79 Å². The van der Waals surface area contributed by atoms with Crippen LogP contribution in [0, 0.1) is 5.95 Å². The Morgan fingerprint density at radius 3 is 2.53 bits per heavy atom. The Morgan fingerprint density at radius 2 is 2.07 bits per heavy atom. The van der Waals surface area contributed by atoms with Crippen LogP contribution in [0.5, 0.6) is 5.75 Å². The molecule has 3 nitrogen and oxygen atoms in total. The SMILES string of the molecule is COc1c(C(=O)C(F)(F)F)ccnc1F. The number of aromatic nitrogens is 1. The molecule has 1 rings (SSSR count). The number of pyridine rings is 1. The first-order valence-electron chi connectivity index (χ1n) is 3.68. The van der Waals surface area contributed by atoms with Gasteiger partial charge in [-0.05, 0) is 6.07 Å². The van der Waals surface area contributed by atoms with Crippen LogP contribution in [0.3, 0.4) is 0 Å². The van der Waals surface area contributed by atoms with Crippen LogP contribution in [0.25, 0.3) is 0 Å². The number of Topliss-reactive ketones (excluding diaryl/α,β-unsaturated/α-hetero) is 1. The molecule has 0 saturated carbocycles. The molecule has 1 aromatic rings. The first kappa shape index (κ1) is 11.4. The molecular formula is C8H5F4NO2. The van der Waals surface area contributed by atoms with Gasteiger partial charge in [-0.1, -0.05) is 0 Å². The van der Waals surface area contributed by atoms with Gasteiger partial charge in [0.05, 0.1) is 12.7 Å². The summed E-state index contributed by atoms with van der Waals surface area (Å²) >= 11 is 0. The molecule has 0 radical (unpaired) electrons. The van der Waals surface area contributed by atoms with Crippen molar-refractivity contribution in [2.24, 2.45) is 0 Å². The molecule has 0 saturated heterocycles. The van der Waals surface area contributed by atoms with Gasteiger partial charge < -0.3 is 4.74 Å². The van der Waals surface area contributed by atoms with Crippen molar-refractivity contribution in [3.8, 4) is 5.75 Å². The molecule has 15 heavy (non-hydrogen) atoms. The molecule has 0 bridgehead atoms. The number of methoxy groups -OCH3 is 1. The molecule has 0 N–H and O–H groups in total. The zero-order chi connectivity index (χ0) is 11.6. The Bertz CT molecular complexity index is 389. The lowest BCUT2D eigenvalue weighted by Crippen LogP contribution is -2.23. The summed E-state index contributed by atoms with van der Waals surface area (Å²) in [6, 6.07) is 0.748. The first-order valence-corrected chi connectivity index (χ1v) is 3.68. The second-order valence-corrected chi connectivity index (χ2v) is 2.51. The first-order chi connectivity index (χ1) is 6.88. The maximum absolute atomic E-state index is 12.8. The van der Waals surface area contributed by atoms with Crippen molar-refractivity contribution in [1.82, 2.24) is 4.98 Å². The molecule has 0 amide bonds. The lowest BCUT2D eigenvalue weighted by Gasteiger charge is -2.09. The number of hydrogen-bond donors (Lipinski definition) is 0. The van der Waals surface area contributed by atoms with E-state index in [4.69, 9.17) is 0 Å². The third-order valence-electron chi connectivity index (χ3n) is 1.57. The van der Waals surface area contributed by atoms with Gasteiger partial charge in [0, 0.05) is 6.20 Å².